The minimum atomic E-state index is -0.859. The quantitative estimate of drug-likeness (QED) is 0.193. The molecule has 1 atom stereocenters. The van der Waals surface area contributed by atoms with Crippen LogP contribution in [0.5, 0.6) is 5.75 Å². The standard InChI is InChI=1S/C28H40N4O5S/c1-3-31(4-2)16-17-32(25(35)13-19-37-18-12-21-8-6-5-7-9-21)15-14-29-20-24(34)22-10-11-23(33)26-27(22)38-28(36)30-26/h5-11,24,29,33-34H,3-4,12-20H2,1-2H3,(H,30,36)/t24-/m1/s1. The molecule has 0 spiro atoms. The van der Waals surface area contributed by atoms with Crippen LogP contribution in [0, 0.1) is 0 Å². The summed E-state index contributed by atoms with van der Waals surface area (Å²) < 4.78 is 6.28. The lowest BCUT2D eigenvalue weighted by Gasteiger charge is -2.27. The Labute approximate surface area is 228 Å². The van der Waals surface area contributed by atoms with Crippen molar-refractivity contribution >= 4 is 27.5 Å². The average molecular weight is 545 g/mol. The Kier molecular flexibility index (Phi) is 12.2. The number of aromatic amines is 1. The first kappa shape index (κ1) is 29.8. The number of aromatic hydroxyl groups is 1. The molecule has 0 unspecified atom stereocenters. The number of phenolic OH excluding ortho intramolecular Hbond substituents is 1. The fraction of sp³-hybridized carbons (Fsp3) is 0.500. The minimum Gasteiger partial charge on any atom is -0.506 e. The smallest absolute Gasteiger partial charge is 0.305 e. The molecule has 9 nitrogen and oxygen atoms in total. The van der Waals surface area contributed by atoms with Crippen LogP contribution in [0.3, 0.4) is 0 Å². The Morgan fingerprint density at radius 1 is 1.08 bits per heavy atom. The van der Waals surface area contributed by atoms with E-state index in [1.807, 2.05) is 23.1 Å². The second-order valence-electron chi connectivity index (χ2n) is 9.12. The van der Waals surface area contributed by atoms with E-state index in [0.29, 0.717) is 55.0 Å². The molecule has 1 aromatic heterocycles. The van der Waals surface area contributed by atoms with E-state index >= 15 is 0 Å². The molecule has 3 aromatic rings. The number of rotatable bonds is 17. The molecular weight excluding hydrogens is 504 g/mol. The van der Waals surface area contributed by atoms with Crippen LogP contribution < -0.4 is 10.2 Å². The van der Waals surface area contributed by atoms with Gasteiger partial charge in [0, 0.05) is 38.3 Å². The molecule has 0 aliphatic carbocycles. The van der Waals surface area contributed by atoms with Crippen LogP contribution in [-0.4, -0.2) is 89.9 Å². The molecule has 2 aromatic carbocycles. The number of ether oxygens (including phenoxy) is 1. The van der Waals surface area contributed by atoms with Gasteiger partial charge in [-0.3, -0.25) is 9.59 Å². The number of aromatic nitrogens is 1. The Morgan fingerprint density at radius 3 is 2.58 bits per heavy atom. The number of thiazole rings is 1. The van der Waals surface area contributed by atoms with Gasteiger partial charge in [-0.2, -0.15) is 0 Å². The highest BCUT2D eigenvalue weighted by molar-refractivity contribution is 7.16. The van der Waals surface area contributed by atoms with Crippen LogP contribution in [0.15, 0.2) is 47.3 Å². The highest BCUT2D eigenvalue weighted by Gasteiger charge is 2.17. The van der Waals surface area contributed by atoms with E-state index in [1.54, 1.807) is 6.07 Å². The van der Waals surface area contributed by atoms with Crippen molar-refractivity contribution in [3.63, 3.8) is 0 Å². The number of hydrogen-bond donors (Lipinski definition) is 4. The van der Waals surface area contributed by atoms with Crippen molar-refractivity contribution < 1.29 is 19.7 Å². The van der Waals surface area contributed by atoms with Gasteiger partial charge in [0.1, 0.15) is 11.3 Å². The molecule has 4 N–H and O–H groups in total. The van der Waals surface area contributed by atoms with Gasteiger partial charge in [0.25, 0.3) is 0 Å². The number of amides is 1. The molecule has 38 heavy (non-hydrogen) atoms. The van der Waals surface area contributed by atoms with Gasteiger partial charge in [-0.25, -0.2) is 0 Å². The molecule has 0 saturated heterocycles. The van der Waals surface area contributed by atoms with Crippen molar-refractivity contribution in [1.82, 2.24) is 20.1 Å². The topological polar surface area (TPSA) is 118 Å². The van der Waals surface area contributed by atoms with Crippen LogP contribution in [0.2, 0.25) is 0 Å². The number of hydrogen-bond acceptors (Lipinski definition) is 8. The molecule has 0 aliphatic heterocycles. The first-order valence-electron chi connectivity index (χ1n) is 13.3. The van der Waals surface area contributed by atoms with Crippen LogP contribution in [0.4, 0.5) is 0 Å². The number of H-pyrrole nitrogens is 1. The van der Waals surface area contributed by atoms with Gasteiger partial charge in [0.05, 0.1) is 30.4 Å². The van der Waals surface area contributed by atoms with Crippen LogP contribution in [-0.2, 0) is 16.0 Å². The zero-order valence-electron chi connectivity index (χ0n) is 22.3. The van der Waals surface area contributed by atoms with Crippen LogP contribution in [0.1, 0.15) is 37.5 Å². The first-order valence-corrected chi connectivity index (χ1v) is 14.1. The second kappa shape index (κ2) is 15.6. The lowest BCUT2D eigenvalue weighted by atomic mass is 10.1. The summed E-state index contributed by atoms with van der Waals surface area (Å²) in [5.41, 5.74) is 2.14. The minimum absolute atomic E-state index is 0.0198. The van der Waals surface area contributed by atoms with E-state index in [0.717, 1.165) is 37.4 Å². The normalized spacial score (nSPS) is 12.3. The van der Waals surface area contributed by atoms with Crippen molar-refractivity contribution in [2.45, 2.75) is 32.8 Å². The molecule has 0 aliphatic rings. The number of nitrogens with zero attached hydrogens (tertiary/aromatic N) is 2. The van der Waals surface area contributed by atoms with E-state index in [-0.39, 0.29) is 23.1 Å². The summed E-state index contributed by atoms with van der Waals surface area (Å²) in [4.78, 5) is 31.2. The molecule has 0 fully saturated rings. The molecule has 10 heteroatoms. The van der Waals surface area contributed by atoms with E-state index in [9.17, 15) is 19.8 Å². The average Bonchev–Trinajstić information content (AvgIpc) is 3.32. The molecule has 208 valence electrons. The summed E-state index contributed by atoms with van der Waals surface area (Å²) in [5.74, 6) is 0.0326. The Morgan fingerprint density at radius 2 is 1.84 bits per heavy atom. The number of carbonyl (C=O) groups excluding carboxylic acids is 1. The maximum Gasteiger partial charge on any atom is 0.305 e. The summed E-state index contributed by atoms with van der Waals surface area (Å²) in [6.07, 6.45) is 0.287. The number of benzene rings is 2. The van der Waals surface area contributed by atoms with Crippen molar-refractivity contribution in [2.24, 2.45) is 0 Å². The Bertz CT molecular complexity index is 1180. The summed E-state index contributed by atoms with van der Waals surface area (Å²) in [6, 6.07) is 13.2. The summed E-state index contributed by atoms with van der Waals surface area (Å²) in [6.45, 7) is 9.76. The molecule has 1 heterocycles. The fourth-order valence-corrected chi connectivity index (χ4v) is 5.20. The van der Waals surface area contributed by atoms with Gasteiger partial charge in [-0.05, 0) is 31.1 Å². The maximum absolute atomic E-state index is 13.0. The number of fused-ring (bicyclic) bond motifs is 1. The zero-order chi connectivity index (χ0) is 27.3. The summed E-state index contributed by atoms with van der Waals surface area (Å²) >= 11 is 0.964. The van der Waals surface area contributed by atoms with Crippen molar-refractivity contribution in [3.8, 4) is 5.75 Å². The van der Waals surface area contributed by atoms with Crippen LogP contribution >= 0.6 is 11.3 Å². The summed E-state index contributed by atoms with van der Waals surface area (Å²) in [5, 5.41) is 23.9. The summed E-state index contributed by atoms with van der Waals surface area (Å²) in [7, 11) is 0. The molecule has 3 rings (SSSR count). The third kappa shape index (κ3) is 8.92. The number of nitrogens with one attached hydrogen (secondary N) is 2. The van der Waals surface area contributed by atoms with Gasteiger partial charge >= 0.3 is 4.87 Å². The highest BCUT2D eigenvalue weighted by Crippen LogP contribution is 2.31. The molecule has 0 radical (unpaired) electrons. The first-order chi connectivity index (χ1) is 18.4. The number of aliphatic hydroxyl groups excluding tert-OH is 1. The third-order valence-electron chi connectivity index (χ3n) is 6.61. The lowest BCUT2D eigenvalue weighted by molar-refractivity contribution is -0.132. The van der Waals surface area contributed by atoms with Crippen molar-refractivity contribution in [1.29, 1.82) is 0 Å². The fourth-order valence-electron chi connectivity index (χ4n) is 4.28. The Hall–Kier alpha value is -2.76. The Balaban J connectivity index is 1.47. The molecular formula is C28H40N4O5S. The monoisotopic (exact) mass is 544 g/mol. The third-order valence-corrected chi connectivity index (χ3v) is 7.55. The van der Waals surface area contributed by atoms with Crippen LogP contribution in [0.25, 0.3) is 10.2 Å². The maximum atomic E-state index is 13.0. The van der Waals surface area contributed by atoms with Gasteiger partial charge < -0.3 is 35.1 Å². The van der Waals surface area contributed by atoms with Crippen molar-refractivity contribution in [3.05, 3.63) is 63.3 Å². The molecule has 0 bridgehead atoms. The van der Waals surface area contributed by atoms with E-state index < -0.39 is 6.10 Å². The van der Waals surface area contributed by atoms with Gasteiger partial charge in [0.2, 0.25) is 5.91 Å². The highest BCUT2D eigenvalue weighted by atomic mass is 32.1. The molecule has 0 saturated carbocycles. The number of likely N-dealkylation sites (N-methyl/N-ethyl adjacent to an activating group) is 1. The number of aliphatic hydroxyl groups is 1. The zero-order valence-corrected chi connectivity index (χ0v) is 23.1. The van der Waals surface area contributed by atoms with Crippen molar-refractivity contribution in [2.75, 3.05) is 59.0 Å². The van der Waals surface area contributed by atoms with Gasteiger partial charge in [-0.15, -0.1) is 0 Å². The largest absolute Gasteiger partial charge is 0.506 e. The molecule has 1 amide bonds. The van der Waals surface area contributed by atoms with E-state index in [2.05, 4.69) is 41.2 Å². The second-order valence-corrected chi connectivity index (χ2v) is 10.1. The van der Waals surface area contributed by atoms with Gasteiger partial charge in [0.15, 0.2) is 0 Å². The SMILES string of the molecule is CCN(CC)CCN(CCNC[C@@H](O)c1ccc(O)c2[nH]c(=O)sc12)C(=O)CCOCCc1ccccc1. The predicted molar refractivity (Wildman–Crippen MR) is 152 cm³/mol. The van der Waals surface area contributed by atoms with E-state index in [1.165, 1.54) is 11.6 Å². The number of phenols is 1. The van der Waals surface area contributed by atoms with E-state index in [4.69, 9.17) is 4.74 Å². The van der Waals surface area contributed by atoms with Gasteiger partial charge in [-0.1, -0.05) is 61.6 Å². The predicted octanol–water partition coefficient (Wildman–Crippen LogP) is 2.74. The lowest BCUT2D eigenvalue weighted by Crippen LogP contribution is -2.42. The number of carbonyl (C=O) groups is 1.